The summed E-state index contributed by atoms with van der Waals surface area (Å²) >= 11 is 0. The van der Waals surface area contributed by atoms with E-state index in [0.29, 0.717) is 26.2 Å². The van der Waals surface area contributed by atoms with E-state index < -0.39 is 52.1 Å². The van der Waals surface area contributed by atoms with E-state index in [4.69, 9.17) is 4.74 Å². The monoisotopic (exact) mass is 644 g/mol. The number of esters is 2. The molecule has 0 heterocycles. The van der Waals surface area contributed by atoms with Crippen LogP contribution in [0.2, 0.25) is 0 Å². The quantitative estimate of drug-likeness (QED) is 0.159. The molecule has 0 saturated carbocycles. The maximum atomic E-state index is 12.7. The van der Waals surface area contributed by atoms with Crippen LogP contribution in [0, 0.1) is 5.41 Å². The Kier molecular flexibility index (Phi) is 15.4. The van der Waals surface area contributed by atoms with Crippen LogP contribution in [0.3, 0.4) is 0 Å². The molecule has 12 heteroatoms. The first-order chi connectivity index (χ1) is 19.4. The molecular weight excluding hydrogens is 594 g/mol. The molecule has 0 bridgehead atoms. The molecule has 2 N–H and O–H groups in total. The van der Waals surface area contributed by atoms with Gasteiger partial charge in [-0.1, -0.05) is 57.7 Å². The first-order valence-corrected chi connectivity index (χ1v) is 14.1. The van der Waals surface area contributed by atoms with Gasteiger partial charge >= 0.3 is 24.3 Å². The van der Waals surface area contributed by atoms with Crippen LogP contribution in [0.25, 0.3) is 0 Å². The number of rotatable bonds is 9. The van der Waals surface area contributed by atoms with Gasteiger partial charge in [0.25, 0.3) is 0 Å². The van der Waals surface area contributed by atoms with Crippen molar-refractivity contribution in [3.8, 4) is 0 Å². The fourth-order valence-corrected chi connectivity index (χ4v) is 2.73. The number of aliphatic hydroxyl groups is 2. The minimum Gasteiger partial charge on any atom is -0.456 e. The lowest BCUT2D eigenvalue weighted by molar-refractivity contribution is -0.307. The van der Waals surface area contributed by atoms with Crippen LogP contribution in [0.15, 0.2) is 42.5 Å². The van der Waals surface area contributed by atoms with Crippen LogP contribution in [0.4, 0.5) is 26.3 Å². The Hall–Kier alpha value is -2.60. The Morgan fingerprint density at radius 2 is 1.14 bits per heavy atom. The van der Waals surface area contributed by atoms with E-state index in [1.165, 1.54) is 18.9 Å². The molecule has 0 radical (unpaired) electrons. The molecule has 1 aromatic carbocycles. The Balaban J connectivity index is 0. The van der Waals surface area contributed by atoms with Crippen LogP contribution in [-0.2, 0) is 19.1 Å². The van der Waals surface area contributed by atoms with Crippen molar-refractivity contribution in [2.24, 2.45) is 5.41 Å². The highest BCUT2D eigenvalue weighted by molar-refractivity contribution is 5.87. The number of hydrogen-bond donors (Lipinski definition) is 2. The van der Waals surface area contributed by atoms with E-state index in [1.54, 1.807) is 20.8 Å². The molecule has 0 spiro atoms. The normalized spacial score (nSPS) is 16.0. The Morgan fingerprint density at radius 1 is 0.773 bits per heavy atom. The van der Waals surface area contributed by atoms with Crippen molar-refractivity contribution in [3.63, 3.8) is 0 Å². The molecule has 0 aromatic heterocycles. The van der Waals surface area contributed by atoms with Crippen LogP contribution < -0.4 is 0 Å². The van der Waals surface area contributed by atoms with Gasteiger partial charge in [-0.15, -0.1) is 0 Å². The smallest absolute Gasteiger partial charge is 0.420 e. The molecule has 0 fully saturated rings. The van der Waals surface area contributed by atoms with E-state index in [9.17, 15) is 46.1 Å². The largest absolute Gasteiger partial charge is 0.456 e. The summed E-state index contributed by atoms with van der Waals surface area (Å²) in [5.74, 6) is -1.03. The summed E-state index contributed by atoms with van der Waals surface area (Å²) in [6, 6.07) is 10.6. The van der Waals surface area contributed by atoms with Crippen molar-refractivity contribution in [2.75, 3.05) is 0 Å². The number of carbonyl (C=O) groups excluding carboxylic acids is 2. The first-order valence-electron chi connectivity index (χ1n) is 14.1. The van der Waals surface area contributed by atoms with Gasteiger partial charge in [0.1, 0.15) is 11.2 Å². The molecule has 0 amide bonds. The summed E-state index contributed by atoms with van der Waals surface area (Å²) in [5.41, 5.74) is -9.88. The van der Waals surface area contributed by atoms with Gasteiger partial charge in [-0.2, -0.15) is 26.3 Å². The van der Waals surface area contributed by atoms with Crippen molar-refractivity contribution in [2.45, 2.75) is 137 Å². The zero-order chi connectivity index (χ0) is 35.8. The second-order valence-corrected chi connectivity index (χ2v) is 12.7. The second-order valence-electron chi connectivity index (χ2n) is 12.7. The zero-order valence-electron chi connectivity index (χ0n) is 27.9. The van der Waals surface area contributed by atoms with E-state index in [-0.39, 0.29) is 5.57 Å². The maximum Gasteiger partial charge on any atom is 0.420 e. The predicted octanol–water partition coefficient (Wildman–Crippen LogP) is 8.46. The number of alkyl halides is 6. The van der Waals surface area contributed by atoms with Gasteiger partial charge in [-0.25, -0.2) is 4.79 Å². The van der Waals surface area contributed by atoms with Gasteiger partial charge in [0, 0.05) is 5.57 Å². The van der Waals surface area contributed by atoms with Crippen molar-refractivity contribution in [1.29, 1.82) is 0 Å². The summed E-state index contributed by atoms with van der Waals surface area (Å²) < 4.78 is 85.2. The van der Waals surface area contributed by atoms with Gasteiger partial charge in [0.15, 0.2) is 11.2 Å². The van der Waals surface area contributed by atoms with Crippen LogP contribution in [-0.4, -0.2) is 56.9 Å². The molecule has 0 aliphatic heterocycles. The fraction of sp³-hybridized carbons (Fsp3) is 0.688. The van der Waals surface area contributed by atoms with E-state index in [0.717, 1.165) is 27.7 Å². The van der Waals surface area contributed by atoms with E-state index in [1.807, 2.05) is 0 Å². The third-order valence-electron chi connectivity index (χ3n) is 7.91. The maximum absolute atomic E-state index is 12.7. The van der Waals surface area contributed by atoms with Gasteiger partial charge in [-0.3, -0.25) is 4.79 Å². The molecular formula is C32H50F6O6. The standard InChI is InChI=1S/C12H21F3O3.C10H15F3O3.C10H14/c1-7-9(2,3)8(16)18-10(4,5)11(6,17)12(13,14)15;1-6(2)7(14)16-8(3,4)9(5,15)10(11,12)13;1-3-9(2)10-7-5-4-6-8-10/h17H,7H2,1-6H3;15H,1H2,2-5H3;4-9H,3H2,1-2H3. The lowest BCUT2D eigenvalue weighted by Crippen LogP contribution is -2.60. The lowest BCUT2D eigenvalue weighted by Gasteiger charge is -2.41. The summed E-state index contributed by atoms with van der Waals surface area (Å²) in [7, 11) is 0. The average molecular weight is 645 g/mol. The summed E-state index contributed by atoms with van der Waals surface area (Å²) in [4.78, 5) is 22.9. The molecule has 0 aliphatic rings. The highest BCUT2D eigenvalue weighted by Gasteiger charge is 2.62. The minimum atomic E-state index is -4.90. The van der Waals surface area contributed by atoms with Crippen molar-refractivity contribution < 1.29 is 55.6 Å². The molecule has 3 atom stereocenters. The van der Waals surface area contributed by atoms with Crippen LogP contribution in [0.1, 0.15) is 107 Å². The molecule has 0 aliphatic carbocycles. The number of benzene rings is 1. The SMILES string of the molecule is C=C(C)C(=O)OC(C)(C)C(C)(O)C(F)(F)F.CCC(C)(C)C(=O)OC(C)(C)C(C)(O)C(F)(F)F.CCC(C)c1ccccc1. The first kappa shape index (κ1) is 43.5. The molecule has 6 nitrogen and oxygen atoms in total. The third-order valence-corrected chi connectivity index (χ3v) is 7.91. The average Bonchev–Trinajstić information content (AvgIpc) is 2.87. The fourth-order valence-electron chi connectivity index (χ4n) is 2.73. The highest BCUT2D eigenvalue weighted by Crippen LogP contribution is 2.42. The van der Waals surface area contributed by atoms with Gasteiger partial charge in [-0.05, 0) is 86.6 Å². The topological polar surface area (TPSA) is 93.1 Å². The lowest BCUT2D eigenvalue weighted by atomic mass is 9.85. The van der Waals surface area contributed by atoms with Gasteiger partial charge in [0.05, 0.1) is 5.41 Å². The second kappa shape index (κ2) is 15.6. The molecule has 3 unspecified atom stereocenters. The molecule has 1 aromatic rings. The molecule has 1 rings (SSSR count). The number of hydrogen-bond acceptors (Lipinski definition) is 6. The Labute approximate surface area is 257 Å². The van der Waals surface area contributed by atoms with Gasteiger partial charge in [0.2, 0.25) is 0 Å². The summed E-state index contributed by atoms with van der Waals surface area (Å²) in [6.45, 7) is 19.1. The highest BCUT2D eigenvalue weighted by atomic mass is 19.4. The van der Waals surface area contributed by atoms with Crippen molar-refractivity contribution in [3.05, 3.63) is 48.0 Å². The molecule has 0 saturated heterocycles. The number of ether oxygens (including phenoxy) is 2. The van der Waals surface area contributed by atoms with Gasteiger partial charge < -0.3 is 19.7 Å². The van der Waals surface area contributed by atoms with Crippen LogP contribution >= 0.6 is 0 Å². The predicted molar refractivity (Wildman–Crippen MR) is 158 cm³/mol. The summed E-state index contributed by atoms with van der Waals surface area (Å²) in [6.07, 6.45) is -8.13. The third kappa shape index (κ3) is 11.7. The number of carbonyl (C=O) groups is 2. The molecule has 44 heavy (non-hydrogen) atoms. The van der Waals surface area contributed by atoms with E-state index in [2.05, 4.69) is 55.5 Å². The summed E-state index contributed by atoms with van der Waals surface area (Å²) in [5, 5.41) is 18.9. The Morgan fingerprint density at radius 3 is 1.43 bits per heavy atom. The number of halogens is 6. The minimum absolute atomic E-state index is 0.0361. The van der Waals surface area contributed by atoms with Crippen molar-refractivity contribution >= 4 is 11.9 Å². The van der Waals surface area contributed by atoms with Crippen molar-refractivity contribution in [1.82, 2.24) is 0 Å². The van der Waals surface area contributed by atoms with E-state index >= 15 is 0 Å². The zero-order valence-corrected chi connectivity index (χ0v) is 27.9. The Bertz CT molecular complexity index is 1070. The molecule has 256 valence electrons. The van der Waals surface area contributed by atoms with Crippen LogP contribution in [0.5, 0.6) is 0 Å².